The van der Waals surface area contributed by atoms with Crippen molar-refractivity contribution in [2.24, 2.45) is 0 Å². The van der Waals surface area contributed by atoms with Gasteiger partial charge in [0.05, 0.1) is 6.04 Å². The normalized spacial score (nSPS) is 20.6. The van der Waals surface area contributed by atoms with Crippen molar-refractivity contribution in [3.8, 4) is 0 Å². The van der Waals surface area contributed by atoms with Crippen LogP contribution in [0.5, 0.6) is 0 Å². The number of benzene rings is 1. The van der Waals surface area contributed by atoms with Crippen LogP contribution in [0.3, 0.4) is 0 Å². The fourth-order valence-corrected chi connectivity index (χ4v) is 4.06. The molecule has 1 saturated heterocycles. The van der Waals surface area contributed by atoms with Crippen LogP contribution in [0, 0.1) is 0 Å². The van der Waals surface area contributed by atoms with E-state index >= 15 is 0 Å². The number of hydrogen-bond acceptors (Lipinski definition) is 3. The van der Waals surface area contributed by atoms with E-state index in [2.05, 4.69) is 5.32 Å². The van der Waals surface area contributed by atoms with Crippen LogP contribution in [0.4, 0.5) is 4.79 Å². The summed E-state index contributed by atoms with van der Waals surface area (Å²) in [6, 6.07) is 6.57. The molecule has 1 aromatic carbocycles. The summed E-state index contributed by atoms with van der Waals surface area (Å²) in [4.78, 5) is 40.5. The van der Waals surface area contributed by atoms with Crippen LogP contribution >= 0.6 is 11.6 Å². The van der Waals surface area contributed by atoms with Gasteiger partial charge in [-0.15, -0.1) is 0 Å². The number of carbonyl (C=O) groups is 3. The van der Waals surface area contributed by atoms with E-state index in [0.717, 1.165) is 29.7 Å². The standard InChI is InChI=1S/C19H24ClN3O3/c1-13(14-6-8-15(20)9-7-14)21-16(24)12-23-17(25)19(22(2)18(23)26)10-4-3-5-11-19/h6-9,13H,3-5,10-12H2,1-2H3,(H,21,24). The van der Waals surface area contributed by atoms with Gasteiger partial charge in [0.25, 0.3) is 5.91 Å². The zero-order chi connectivity index (χ0) is 18.9. The summed E-state index contributed by atoms with van der Waals surface area (Å²) in [5, 5.41) is 3.47. The molecule has 26 heavy (non-hydrogen) atoms. The third kappa shape index (κ3) is 3.30. The summed E-state index contributed by atoms with van der Waals surface area (Å²) in [7, 11) is 1.67. The monoisotopic (exact) mass is 377 g/mol. The van der Waals surface area contributed by atoms with Crippen molar-refractivity contribution >= 4 is 29.4 Å². The van der Waals surface area contributed by atoms with Crippen molar-refractivity contribution in [2.75, 3.05) is 13.6 Å². The van der Waals surface area contributed by atoms with Gasteiger partial charge < -0.3 is 10.2 Å². The lowest BCUT2D eigenvalue weighted by Crippen LogP contribution is -2.49. The van der Waals surface area contributed by atoms with Crippen LogP contribution in [-0.2, 0) is 9.59 Å². The van der Waals surface area contributed by atoms with E-state index in [1.807, 2.05) is 19.1 Å². The first-order valence-electron chi connectivity index (χ1n) is 9.00. The van der Waals surface area contributed by atoms with Gasteiger partial charge in [-0.3, -0.25) is 14.5 Å². The van der Waals surface area contributed by atoms with E-state index in [0.29, 0.717) is 17.9 Å². The number of nitrogens with one attached hydrogen (secondary N) is 1. The van der Waals surface area contributed by atoms with E-state index < -0.39 is 5.54 Å². The van der Waals surface area contributed by atoms with Crippen molar-refractivity contribution in [3.05, 3.63) is 34.9 Å². The average molecular weight is 378 g/mol. The molecule has 0 bridgehead atoms. The van der Waals surface area contributed by atoms with Crippen molar-refractivity contribution < 1.29 is 14.4 Å². The lowest BCUT2D eigenvalue weighted by molar-refractivity contribution is -0.137. The Kier molecular flexibility index (Phi) is 5.23. The molecule has 0 aromatic heterocycles. The molecule has 1 spiro atoms. The summed E-state index contributed by atoms with van der Waals surface area (Å²) in [6.45, 7) is 1.60. The molecule has 2 aliphatic rings. The maximum atomic E-state index is 12.9. The number of amides is 4. The number of imide groups is 1. The minimum Gasteiger partial charge on any atom is -0.348 e. The fraction of sp³-hybridized carbons (Fsp3) is 0.526. The zero-order valence-corrected chi connectivity index (χ0v) is 15.9. The maximum Gasteiger partial charge on any atom is 0.327 e. The number of carbonyl (C=O) groups excluding carboxylic acids is 3. The van der Waals surface area contributed by atoms with Gasteiger partial charge in [-0.05, 0) is 37.5 Å². The Morgan fingerprint density at radius 2 is 1.81 bits per heavy atom. The molecule has 1 aliphatic carbocycles. The van der Waals surface area contributed by atoms with E-state index in [9.17, 15) is 14.4 Å². The highest BCUT2D eigenvalue weighted by Gasteiger charge is 2.55. The zero-order valence-electron chi connectivity index (χ0n) is 15.1. The van der Waals surface area contributed by atoms with Gasteiger partial charge in [0.1, 0.15) is 12.1 Å². The second kappa shape index (κ2) is 7.27. The molecule has 1 N–H and O–H groups in total. The average Bonchev–Trinajstić information content (AvgIpc) is 2.79. The predicted molar refractivity (Wildman–Crippen MR) is 98.7 cm³/mol. The highest BCUT2D eigenvalue weighted by molar-refractivity contribution is 6.30. The van der Waals surface area contributed by atoms with Crippen molar-refractivity contribution in [1.82, 2.24) is 15.1 Å². The lowest BCUT2D eigenvalue weighted by Gasteiger charge is -2.35. The largest absolute Gasteiger partial charge is 0.348 e. The molecule has 4 amide bonds. The Balaban J connectivity index is 1.66. The molecule has 1 saturated carbocycles. The SMILES string of the molecule is CC(NC(=O)CN1C(=O)N(C)C2(CCCCC2)C1=O)c1ccc(Cl)cc1. The number of nitrogens with zero attached hydrogens (tertiary/aromatic N) is 2. The number of urea groups is 1. The molecule has 1 unspecified atom stereocenters. The Hall–Kier alpha value is -2.08. The summed E-state index contributed by atoms with van der Waals surface area (Å²) in [6.07, 6.45) is 4.28. The van der Waals surface area contributed by atoms with E-state index in [1.54, 1.807) is 19.2 Å². The highest BCUT2D eigenvalue weighted by Crippen LogP contribution is 2.39. The molecule has 1 atom stereocenters. The van der Waals surface area contributed by atoms with E-state index in [1.165, 1.54) is 4.90 Å². The molecule has 0 radical (unpaired) electrons. The van der Waals surface area contributed by atoms with Gasteiger partial charge in [0.2, 0.25) is 5.91 Å². The summed E-state index contributed by atoms with van der Waals surface area (Å²) >= 11 is 5.88. The van der Waals surface area contributed by atoms with Crippen LogP contribution in [0.1, 0.15) is 50.6 Å². The second-order valence-corrected chi connectivity index (χ2v) is 7.60. The van der Waals surface area contributed by atoms with Gasteiger partial charge in [-0.1, -0.05) is 43.0 Å². The molecule has 6 nitrogen and oxygen atoms in total. The van der Waals surface area contributed by atoms with Crippen LogP contribution < -0.4 is 5.32 Å². The first-order chi connectivity index (χ1) is 12.3. The molecule has 1 heterocycles. The van der Waals surface area contributed by atoms with Gasteiger partial charge in [0, 0.05) is 12.1 Å². The first-order valence-corrected chi connectivity index (χ1v) is 9.37. The molecule has 1 aromatic rings. The Morgan fingerprint density at radius 1 is 1.19 bits per heavy atom. The van der Waals surface area contributed by atoms with Crippen molar-refractivity contribution in [3.63, 3.8) is 0 Å². The number of halogens is 1. The van der Waals surface area contributed by atoms with E-state index in [4.69, 9.17) is 11.6 Å². The van der Waals surface area contributed by atoms with Crippen LogP contribution in [0.2, 0.25) is 5.02 Å². The highest BCUT2D eigenvalue weighted by atomic mass is 35.5. The maximum absolute atomic E-state index is 12.9. The minimum absolute atomic E-state index is 0.237. The topological polar surface area (TPSA) is 69.7 Å². The smallest absolute Gasteiger partial charge is 0.327 e. The third-order valence-corrected chi connectivity index (χ3v) is 5.79. The number of hydrogen-bond donors (Lipinski definition) is 1. The Labute approximate surface area is 158 Å². The molecule has 3 rings (SSSR count). The molecule has 1 aliphatic heterocycles. The van der Waals surface area contributed by atoms with E-state index in [-0.39, 0.29) is 30.4 Å². The van der Waals surface area contributed by atoms with Crippen molar-refractivity contribution in [1.29, 1.82) is 0 Å². The molecular weight excluding hydrogens is 354 g/mol. The summed E-state index contributed by atoms with van der Waals surface area (Å²) in [5.74, 6) is -0.589. The summed E-state index contributed by atoms with van der Waals surface area (Å²) < 4.78 is 0. The van der Waals surface area contributed by atoms with Gasteiger partial charge >= 0.3 is 6.03 Å². The lowest BCUT2D eigenvalue weighted by atomic mass is 9.81. The molecule has 140 valence electrons. The Morgan fingerprint density at radius 3 is 2.42 bits per heavy atom. The quantitative estimate of drug-likeness (QED) is 0.819. The predicted octanol–water partition coefficient (Wildman–Crippen LogP) is 3.11. The summed E-state index contributed by atoms with van der Waals surface area (Å²) in [5.41, 5.74) is 0.153. The molecule has 7 heteroatoms. The van der Waals surface area contributed by atoms with Crippen LogP contribution in [0.25, 0.3) is 0 Å². The molecule has 2 fully saturated rings. The first kappa shape index (κ1) is 18.7. The minimum atomic E-state index is -0.753. The van der Waals surface area contributed by atoms with Gasteiger partial charge in [-0.2, -0.15) is 0 Å². The fourth-order valence-electron chi connectivity index (χ4n) is 3.94. The van der Waals surface area contributed by atoms with Crippen LogP contribution in [0.15, 0.2) is 24.3 Å². The molecular formula is C19H24ClN3O3. The number of likely N-dealkylation sites (N-methyl/N-ethyl adjacent to an activating group) is 1. The Bertz CT molecular complexity index is 713. The second-order valence-electron chi connectivity index (χ2n) is 7.17. The third-order valence-electron chi connectivity index (χ3n) is 5.53. The van der Waals surface area contributed by atoms with Gasteiger partial charge in [-0.25, -0.2) is 4.79 Å². The number of rotatable bonds is 4. The van der Waals surface area contributed by atoms with Crippen LogP contribution in [-0.4, -0.2) is 46.8 Å². The van der Waals surface area contributed by atoms with Gasteiger partial charge in [0.15, 0.2) is 0 Å². The van der Waals surface area contributed by atoms with Crippen molar-refractivity contribution in [2.45, 2.75) is 50.6 Å².